The van der Waals surface area contributed by atoms with Crippen molar-refractivity contribution in [3.8, 4) is 5.88 Å². The molecule has 0 unspecified atom stereocenters. The molecule has 140 valence electrons. The van der Waals surface area contributed by atoms with Gasteiger partial charge in [0.2, 0.25) is 11.8 Å². The van der Waals surface area contributed by atoms with Crippen LogP contribution in [-0.4, -0.2) is 34.0 Å². The van der Waals surface area contributed by atoms with Gasteiger partial charge in [-0.05, 0) is 30.4 Å². The highest BCUT2D eigenvalue weighted by atomic mass is 32.1. The van der Waals surface area contributed by atoms with Crippen LogP contribution in [0.4, 0.5) is 10.8 Å². The number of para-hydroxylation sites is 1. The first-order valence-corrected chi connectivity index (χ1v) is 10.2. The van der Waals surface area contributed by atoms with Crippen molar-refractivity contribution in [2.45, 2.75) is 51.9 Å². The second-order valence-electron chi connectivity index (χ2n) is 7.10. The van der Waals surface area contributed by atoms with Gasteiger partial charge in [-0.15, -0.1) is 0 Å². The number of rotatable bonds is 5. The maximum atomic E-state index is 12.6. The lowest BCUT2D eigenvalue weighted by Gasteiger charge is -2.19. The van der Waals surface area contributed by atoms with E-state index in [1.807, 2.05) is 23.1 Å². The summed E-state index contributed by atoms with van der Waals surface area (Å²) in [4.78, 5) is 19.3. The maximum absolute atomic E-state index is 12.6. The summed E-state index contributed by atoms with van der Waals surface area (Å²) in [5, 5.41) is 14.1. The van der Waals surface area contributed by atoms with Gasteiger partial charge in [0, 0.05) is 18.8 Å². The van der Waals surface area contributed by atoms with Crippen LogP contribution >= 0.6 is 11.3 Å². The Morgan fingerprint density at radius 2 is 1.92 bits per heavy atom. The zero-order valence-corrected chi connectivity index (χ0v) is 16.3. The van der Waals surface area contributed by atoms with Crippen LogP contribution < -0.4 is 5.32 Å². The second-order valence-corrected chi connectivity index (χ2v) is 8.19. The Balaban J connectivity index is 1.70. The Labute approximate surface area is 159 Å². The van der Waals surface area contributed by atoms with Crippen molar-refractivity contribution >= 4 is 28.1 Å². The Bertz CT molecular complexity index is 749. The van der Waals surface area contributed by atoms with E-state index in [1.165, 1.54) is 29.7 Å². The lowest BCUT2D eigenvalue weighted by molar-refractivity contribution is -0.130. The zero-order valence-electron chi connectivity index (χ0n) is 15.5. The van der Waals surface area contributed by atoms with Crippen LogP contribution in [0, 0.1) is 0 Å². The van der Waals surface area contributed by atoms with Crippen LogP contribution in [-0.2, 0) is 11.2 Å². The predicted molar refractivity (Wildman–Crippen MR) is 106 cm³/mol. The molecule has 1 aromatic carbocycles. The third-order valence-corrected chi connectivity index (χ3v) is 5.73. The quantitative estimate of drug-likeness (QED) is 0.800. The molecule has 1 aliphatic rings. The Morgan fingerprint density at radius 1 is 1.23 bits per heavy atom. The lowest BCUT2D eigenvalue weighted by atomic mass is 10.0. The summed E-state index contributed by atoms with van der Waals surface area (Å²) in [6, 6.07) is 8.09. The molecular formula is C20H27N3O2S. The number of carbonyl (C=O) groups excluding carboxylic acids is 1. The summed E-state index contributed by atoms with van der Waals surface area (Å²) in [6.07, 6.45) is 4.74. The monoisotopic (exact) mass is 373 g/mol. The first-order chi connectivity index (χ1) is 12.5. The number of carbonyl (C=O) groups is 1. The number of anilines is 2. The van der Waals surface area contributed by atoms with Gasteiger partial charge in [0.05, 0.1) is 11.3 Å². The Hall–Kier alpha value is -2.08. The summed E-state index contributed by atoms with van der Waals surface area (Å²) < 4.78 is 0. The number of nitrogens with one attached hydrogen (secondary N) is 1. The molecule has 2 N–H and O–H groups in total. The molecule has 1 fully saturated rings. The van der Waals surface area contributed by atoms with E-state index in [9.17, 15) is 9.90 Å². The van der Waals surface area contributed by atoms with Gasteiger partial charge in [0.1, 0.15) is 0 Å². The van der Waals surface area contributed by atoms with Gasteiger partial charge in [0.15, 0.2) is 5.13 Å². The highest BCUT2D eigenvalue weighted by molar-refractivity contribution is 7.16. The van der Waals surface area contributed by atoms with Crippen LogP contribution in [0.15, 0.2) is 24.3 Å². The fourth-order valence-electron chi connectivity index (χ4n) is 3.31. The molecule has 0 radical (unpaired) electrons. The maximum Gasteiger partial charge on any atom is 0.228 e. The topological polar surface area (TPSA) is 65.5 Å². The molecule has 0 atom stereocenters. The zero-order chi connectivity index (χ0) is 18.5. The summed E-state index contributed by atoms with van der Waals surface area (Å²) in [5.74, 6) is 0.430. The molecule has 1 aliphatic heterocycles. The fraction of sp³-hybridized carbons (Fsp3) is 0.500. The first-order valence-electron chi connectivity index (χ1n) is 9.37. The minimum Gasteiger partial charge on any atom is -0.492 e. The summed E-state index contributed by atoms with van der Waals surface area (Å²) in [7, 11) is 0. The molecule has 0 bridgehead atoms. The number of hydrogen-bond donors (Lipinski definition) is 2. The molecule has 26 heavy (non-hydrogen) atoms. The minimum absolute atomic E-state index is 0.0392. The van der Waals surface area contributed by atoms with E-state index >= 15 is 0 Å². The highest BCUT2D eigenvalue weighted by Gasteiger charge is 2.20. The van der Waals surface area contributed by atoms with Crippen molar-refractivity contribution in [2.75, 3.05) is 18.4 Å². The predicted octanol–water partition coefficient (Wildman–Crippen LogP) is 4.66. The number of hydrogen-bond acceptors (Lipinski definition) is 5. The van der Waals surface area contributed by atoms with Crippen molar-refractivity contribution < 1.29 is 9.90 Å². The SMILES string of the molecule is CC(C)c1ccccc1Nc1nc(O)c(CC(=O)N2CCCCCC2)s1. The normalized spacial score (nSPS) is 15.1. The second kappa shape index (κ2) is 8.54. The molecule has 5 nitrogen and oxygen atoms in total. The molecule has 3 rings (SSSR count). The number of aromatic hydroxyl groups is 1. The van der Waals surface area contributed by atoms with Crippen LogP contribution in [0.5, 0.6) is 5.88 Å². The molecule has 0 aliphatic carbocycles. The number of aromatic nitrogens is 1. The van der Waals surface area contributed by atoms with Crippen molar-refractivity contribution in [2.24, 2.45) is 0 Å². The Morgan fingerprint density at radius 3 is 2.62 bits per heavy atom. The van der Waals surface area contributed by atoms with Crippen molar-refractivity contribution in [1.82, 2.24) is 9.88 Å². The molecule has 2 aromatic rings. The third kappa shape index (κ3) is 4.55. The molecule has 6 heteroatoms. The molecule has 0 spiro atoms. The van der Waals surface area contributed by atoms with E-state index in [-0.39, 0.29) is 18.2 Å². The van der Waals surface area contributed by atoms with E-state index in [0.29, 0.717) is 15.9 Å². The highest BCUT2D eigenvalue weighted by Crippen LogP contribution is 2.33. The molecule has 1 saturated heterocycles. The van der Waals surface area contributed by atoms with Crippen molar-refractivity contribution in [1.29, 1.82) is 0 Å². The summed E-state index contributed by atoms with van der Waals surface area (Å²) >= 11 is 1.35. The van der Waals surface area contributed by atoms with E-state index in [4.69, 9.17) is 0 Å². The van der Waals surface area contributed by atoms with Gasteiger partial charge in [-0.2, -0.15) is 4.98 Å². The molecular weight excluding hydrogens is 346 g/mol. The number of benzene rings is 1. The smallest absolute Gasteiger partial charge is 0.228 e. The van der Waals surface area contributed by atoms with E-state index in [0.717, 1.165) is 31.6 Å². The fourth-order valence-corrected chi connectivity index (χ4v) is 4.17. The van der Waals surface area contributed by atoms with Crippen molar-refractivity contribution in [3.63, 3.8) is 0 Å². The summed E-state index contributed by atoms with van der Waals surface area (Å²) in [6.45, 7) is 5.94. The first kappa shape index (κ1) is 18.7. The van der Waals surface area contributed by atoms with Gasteiger partial charge < -0.3 is 15.3 Å². The van der Waals surface area contributed by atoms with Crippen LogP contribution in [0.1, 0.15) is 55.9 Å². The average Bonchev–Trinajstić information content (AvgIpc) is 2.81. The third-order valence-electron chi connectivity index (χ3n) is 4.77. The largest absolute Gasteiger partial charge is 0.492 e. The van der Waals surface area contributed by atoms with Crippen molar-refractivity contribution in [3.05, 3.63) is 34.7 Å². The van der Waals surface area contributed by atoms with Gasteiger partial charge in [-0.3, -0.25) is 4.79 Å². The number of nitrogens with zero attached hydrogens (tertiary/aromatic N) is 2. The van der Waals surface area contributed by atoms with Gasteiger partial charge >= 0.3 is 0 Å². The van der Waals surface area contributed by atoms with E-state index < -0.39 is 0 Å². The van der Waals surface area contributed by atoms with E-state index in [1.54, 1.807) is 0 Å². The molecule has 2 heterocycles. The van der Waals surface area contributed by atoms with Gasteiger partial charge in [0.25, 0.3) is 0 Å². The number of amides is 1. The molecule has 1 amide bonds. The summed E-state index contributed by atoms with van der Waals surface area (Å²) in [5.41, 5.74) is 2.19. The van der Waals surface area contributed by atoms with Crippen LogP contribution in [0.3, 0.4) is 0 Å². The standard InChI is InChI=1S/C20H27N3O2S/c1-14(2)15-9-5-6-10-16(15)21-20-22-19(25)17(26-20)13-18(24)23-11-7-3-4-8-12-23/h5-6,9-10,14,25H,3-4,7-8,11-13H2,1-2H3,(H,21,22). The molecule has 0 saturated carbocycles. The van der Waals surface area contributed by atoms with E-state index in [2.05, 4.69) is 30.2 Å². The minimum atomic E-state index is -0.0392. The lowest BCUT2D eigenvalue weighted by Crippen LogP contribution is -2.32. The van der Waals surface area contributed by atoms with Crippen LogP contribution in [0.2, 0.25) is 0 Å². The average molecular weight is 374 g/mol. The Kier molecular flexibility index (Phi) is 6.14. The van der Waals surface area contributed by atoms with Gasteiger partial charge in [-0.25, -0.2) is 0 Å². The molecule has 1 aromatic heterocycles. The number of thiazole rings is 1. The van der Waals surface area contributed by atoms with Gasteiger partial charge in [-0.1, -0.05) is 56.2 Å². The van der Waals surface area contributed by atoms with Crippen LogP contribution in [0.25, 0.3) is 0 Å². The number of likely N-dealkylation sites (tertiary alicyclic amines) is 1.